The summed E-state index contributed by atoms with van der Waals surface area (Å²) in [4.78, 5) is 19.8. The standard InChI is InChI=1S/C25H25N3O3S/c1-17(19-10-13-22(14-11-19)32(4,30)31)27(3)25(29)20-12-15-24-23(16-20)26-18(2)28(24)21-8-6-5-7-9-21/h5-17H,1-4H3/t17-/m1/s1. The van der Waals surface area contributed by atoms with Crippen LogP contribution in [0.25, 0.3) is 16.7 Å². The highest BCUT2D eigenvalue weighted by atomic mass is 32.2. The van der Waals surface area contributed by atoms with E-state index in [9.17, 15) is 13.2 Å². The molecule has 4 aromatic rings. The van der Waals surface area contributed by atoms with Gasteiger partial charge in [-0.2, -0.15) is 0 Å². The van der Waals surface area contributed by atoms with Crippen molar-refractivity contribution in [1.82, 2.24) is 14.5 Å². The first-order valence-electron chi connectivity index (χ1n) is 10.3. The summed E-state index contributed by atoms with van der Waals surface area (Å²) in [5.41, 5.74) is 4.14. The van der Waals surface area contributed by atoms with Crippen molar-refractivity contribution in [2.75, 3.05) is 13.3 Å². The number of sulfone groups is 1. The van der Waals surface area contributed by atoms with Crippen molar-refractivity contribution >= 4 is 26.8 Å². The lowest BCUT2D eigenvalue weighted by atomic mass is 10.1. The van der Waals surface area contributed by atoms with Crippen LogP contribution in [0.4, 0.5) is 0 Å². The minimum absolute atomic E-state index is 0.126. The molecule has 32 heavy (non-hydrogen) atoms. The molecule has 4 rings (SSSR count). The van der Waals surface area contributed by atoms with Crippen LogP contribution in [0, 0.1) is 6.92 Å². The molecule has 0 saturated heterocycles. The van der Waals surface area contributed by atoms with E-state index in [1.165, 1.54) is 6.26 Å². The fraction of sp³-hybridized carbons (Fsp3) is 0.200. The number of fused-ring (bicyclic) bond motifs is 1. The summed E-state index contributed by atoms with van der Waals surface area (Å²) in [6.45, 7) is 3.86. The number of para-hydroxylation sites is 1. The zero-order chi connectivity index (χ0) is 23.0. The second kappa shape index (κ2) is 8.24. The van der Waals surface area contributed by atoms with Gasteiger partial charge in [0, 0.05) is 24.6 Å². The largest absolute Gasteiger partial charge is 0.335 e. The third-order valence-corrected chi connectivity index (χ3v) is 6.90. The van der Waals surface area contributed by atoms with Crippen LogP contribution in [0.5, 0.6) is 0 Å². The molecule has 0 aliphatic rings. The van der Waals surface area contributed by atoms with E-state index in [4.69, 9.17) is 0 Å². The molecule has 0 unspecified atom stereocenters. The van der Waals surface area contributed by atoms with Gasteiger partial charge in [-0.25, -0.2) is 13.4 Å². The van der Waals surface area contributed by atoms with Crippen molar-refractivity contribution in [2.24, 2.45) is 0 Å². The number of aryl methyl sites for hydroxylation is 1. The van der Waals surface area contributed by atoms with E-state index < -0.39 is 9.84 Å². The molecule has 0 spiro atoms. The number of imidazole rings is 1. The summed E-state index contributed by atoms with van der Waals surface area (Å²) < 4.78 is 25.5. The zero-order valence-electron chi connectivity index (χ0n) is 18.5. The number of hydrogen-bond donors (Lipinski definition) is 0. The predicted molar refractivity (Wildman–Crippen MR) is 126 cm³/mol. The molecule has 0 N–H and O–H groups in total. The first-order valence-corrected chi connectivity index (χ1v) is 12.2. The van der Waals surface area contributed by atoms with Gasteiger partial charge in [-0.1, -0.05) is 30.3 Å². The van der Waals surface area contributed by atoms with Gasteiger partial charge in [-0.05, 0) is 61.9 Å². The molecule has 1 amide bonds. The Morgan fingerprint density at radius 2 is 1.66 bits per heavy atom. The minimum atomic E-state index is -3.26. The molecule has 6 nitrogen and oxygen atoms in total. The van der Waals surface area contributed by atoms with Crippen LogP contribution in [0.2, 0.25) is 0 Å². The second-order valence-electron chi connectivity index (χ2n) is 7.97. The van der Waals surface area contributed by atoms with Crippen molar-refractivity contribution in [1.29, 1.82) is 0 Å². The first kappa shape index (κ1) is 21.8. The maximum atomic E-state index is 13.2. The maximum Gasteiger partial charge on any atom is 0.254 e. The Kier molecular flexibility index (Phi) is 5.60. The van der Waals surface area contributed by atoms with Gasteiger partial charge in [0.1, 0.15) is 5.82 Å². The van der Waals surface area contributed by atoms with Crippen LogP contribution in [0.15, 0.2) is 77.7 Å². The Morgan fingerprint density at radius 1 is 1.00 bits per heavy atom. The summed E-state index contributed by atoms with van der Waals surface area (Å²) in [5.74, 6) is 0.724. The lowest BCUT2D eigenvalue weighted by Crippen LogP contribution is -2.29. The van der Waals surface area contributed by atoms with Crippen molar-refractivity contribution in [3.8, 4) is 5.69 Å². The number of rotatable bonds is 5. The van der Waals surface area contributed by atoms with E-state index in [1.807, 2.05) is 62.4 Å². The molecule has 1 aromatic heterocycles. The molecule has 3 aromatic carbocycles. The number of hydrogen-bond acceptors (Lipinski definition) is 4. The number of nitrogens with zero attached hydrogens (tertiary/aromatic N) is 3. The Morgan fingerprint density at radius 3 is 2.28 bits per heavy atom. The number of aromatic nitrogens is 2. The average molecular weight is 448 g/mol. The summed E-state index contributed by atoms with van der Waals surface area (Å²) in [6.07, 6.45) is 1.18. The molecular formula is C25H25N3O3S. The monoisotopic (exact) mass is 447 g/mol. The third kappa shape index (κ3) is 4.03. The fourth-order valence-electron chi connectivity index (χ4n) is 3.83. The van der Waals surface area contributed by atoms with Crippen molar-refractivity contribution in [2.45, 2.75) is 24.8 Å². The predicted octanol–water partition coefficient (Wildman–Crippen LogP) is 4.57. The van der Waals surface area contributed by atoms with Gasteiger partial charge in [0.25, 0.3) is 5.91 Å². The fourth-order valence-corrected chi connectivity index (χ4v) is 4.46. The Balaban J connectivity index is 1.62. The van der Waals surface area contributed by atoms with Gasteiger partial charge in [-0.15, -0.1) is 0 Å². The molecule has 1 heterocycles. The van der Waals surface area contributed by atoms with Crippen LogP contribution in [-0.2, 0) is 9.84 Å². The highest BCUT2D eigenvalue weighted by molar-refractivity contribution is 7.90. The van der Waals surface area contributed by atoms with E-state index in [0.717, 1.165) is 28.1 Å². The lowest BCUT2D eigenvalue weighted by Gasteiger charge is -2.25. The number of amides is 1. The molecule has 0 fully saturated rings. The first-order chi connectivity index (χ1) is 15.2. The second-order valence-corrected chi connectivity index (χ2v) is 9.98. The van der Waals surface area contributed by atoms with Gasteiger partial charge in [-0.3, -0.25) is 9.36 Å². The van der Waals surface area contributed by atoms with E-state index in [0.29, 0.717) is 5.56 Å². The summed E-state index contributed by atoms with van der Waals surface area (Å²) in [5, 5.41) is 0. The number of benzene rings is 3. The quantitative estimate of drug-likeness (QED) is 0.449. The zero-order valence-corrected chi connectivity index (χ0v) is 19.3. The minimum Gasteiger partial charge on any atom is -0.335 e. The van der Waals surface area contributed by atoms with E-state index in [1.54, 1.807) is 36.2 Å². The van der Waals surface area contributed by atoms with Crippen LogP contribution < -0.4 is 0 Å². The average Bonchev–Trinajstić information content (AvgIpc) is 3.12. The van der Waals surface area contributed by atoms with Crippen LogP contribution in [0.3, 0.4) is 0 Å². The van der Waals surface area contributed by atoms with E-state index in [-0.39, 0.29) is 16.8 Å². The van der Waals surface area contributed by atoms with E-state index in [2.05, 4.69) is 9.55 Å². The highest BCUT2D eigenvalue weighted by Crippen LogP contribution is 2.25. The molecular weight excluding hydrogens is 422 g/mol. The molecule has 0 saturated carbocycles. The number of carbonyl (C=O) groups excluding carboxylic acids is 1. The Labute approximate surface area is 188 Å². The van der Waals surface area contributed by atoms with Crippen LogP contribution in [-0.4, -0.2) is 42.1 Å². The van der Waals surface area contributed by atoms with Gasteiger partial charge in [0.2, 0.25) is 0 Å². The lowest BCUT2D eigenvalue weighted by molar-refractivity contribution is 0.0742. The Bertz CT molecular complexity index is 1390. The molecule has 0 bridgehead atoms. The van der Waals surface area contributed by atoms with Gasteiger partial charge < -0.3 is 4.90 Å². The van der Waals surface area contributed by atoms with E-state index >= 15 is 0 Å². The SMILES string of the molecule is Cc1nc2cc(C(=O)N(C)[C@H](C)c3ccc(S(C)(=O)=O)cc3)ccc2n1-c1ccccc1. The Hall–Kier alpha value is -3.45. The molecule has 1 atom stereocenters. The summed E-state index contributed by atoms with van der Waals surface area (Å²) in [6, 6.07) is 22.0. The maximum absolute atomic E-state index is 13.2. The molecule has 0 aliphatic carbocycles. The van der Waals surface area contributed by atoms with Crippen molar-refractivity contribution in [3.05, 3.63) is 89.7 Å². The third-order valence-electron chi connectivity index (χ3n) is 5.78. The van der Waals surface area contributed by atoms with Gasteiger partial charge in [0.15, 0.2) is 9.84 Å². The smallest absolute Gasteiger partial charge is 0.254 e. The topological polar surface area (TPSA) is 72.3 Å². The molecule has 7 heteroatoms. The van der Waals surface area contributed by atoms with Crippen molar-refractivity contribution < 1.29 is 13.2 Å². The molecule has 0 radical (unpaired) electrons. The summed E-state index contributed by atoms with van der Waals surface area (Å²) in [7, 11) is -1.51. The van der Waals surface area contributed by atoms with Gasteiger partial charge in [0.05, 0.1) is 22.0 Å². The highest BCUT2D eigenvalue weighted by Gasteiger charge is 2.21. The van der Waals surface area contributed by atoms with Crippen LogP contribution >= 0.6 is 0 Å². The van der Waals surface area contributed by atoms with Crippen LogP contribution in [0.1, 0.15) is 34.7 Å². The summed E-state index contributed by atoms with van der Waals surface area (Å²) >= 11 is 0. The molecule has 164 valence electrons. The van der Waals surface area contributed by atoms with Gasteiger partial charge >= 0.3 is 0 Å². The molecule has 0 aliphatic heterocycles. The normalized spacial score (nSPS) is 12.6. The number of carbonyl (C=O) groups is 1. The van der Waals surface area contributed by atoms with Crippen molar-refractivity contribution in [3.63, 3.8) is 0 Å².